The number of rotatable bonds is 4. The maximum atomic E-state index is 12.9. The van der Waals surface area contributed by atoms with Gasteiger partial charge in [0.15, 0.2) is 0 Å². The number of amides is 2. The van der Waals surface area contributed by atoms with E-state index in [9.17, 15) is 4.79 Å². The second kappa shape index (κ2) is 7.44. The third-order valence-corrected chi connectivity index (χ3v) is 4.85. The van der Waals surface area contributed by atoms with Crippen molar-refractivity contribution in [2.45, 2.75) is 19.0 Å². The molecule has 4 rings (SSSR count). The molecule has 1 aliphatic rings. The lowest BCUT2D eigenvalue weighted by atomic mass is 10.0. The largest absolute Gasteiger partial charge is 0.348 e. The molecule has 3 heterocycles. The SMILES string of the molecule is O=C(NCCc1ccccc1)N1CCn2cccc2[C@H]1c1ccncc1. The fraction of sp³-hybridized carbons (Fsp3) is 0.238. The number of aromatic nitrogens is 2. The van der Waals surface area contributed by atoms with Crippen LogP contribution in [0.3, 0.4) is 0 Å². The summed E-state index contributed by atoms with van der Waals surface area (Å²) >= 11 is 0. The number of nitrogens with one attached hydrogen (secondary N) is 1. The van der Waals surface area contributed by atoms with Crippen molar-refractivity contribution < 1.29 is 4.79 Å². The van der Waals surface area contributed by atoms with Gasteiger partial charge in [0.1, 0.15) is 0 Å². The highest BCUT2D eigenvalue weighted by molar-refractivity contribution is 5.75. The van der Waals surface area contributed by atoms with Crippen molar-refractivity contribution in [3.05, 3.63) is 90.0 Å². The molecule has 0 spiro atoms. The smallest absolute Gasteiger partial charge is 0.318 e. The molecule has 2 amide bonds. The minimum Gasteiger partial charge on any atom is -0.348 e. The zero-order chi connectivity index (χ0) is 17.8. The Morgan fingerprint density at radius 3 is 2.65 bits per heavy atom. The molecule has 1 N–H and O–H groups in total. The zero-order valence-electron chi connectivity index (χ0n) is 14.6. The second-order valence-electron chi connectivity index (χ2n) is 6.47. The molecule has 1 atom stereocenters. The monoisotopic (exact) mass is 346 g/mol. The van der Waals surface area contributed by atoms with Crippen molar-refractivity contribution in [3.63, 3.8) is 0 Å². The van der Waals surface area contributed by atoms with E-state index < -0.39 is 0 Å². The molecule has 5 nitrogen and oxygen atoms in total. The summed E-state index contributed by atoms with van der Waals surface area (Å²) in [5.41, 5.74) is 3.45. The summed E-state index contributed by atoms with van der Waals surface area (Å²) in [6.45, 7) is 2.13. The summed E-state index contributed by atoms with van der Waals surface area (Å²) in [6, 6.07) is 18.2. The van der Waals surface area contributed by atoms with Crippen LogP contribution < -0.4 is 5.32 Å². The third kappa shape index (κ3) is 3.33. The highest BCUT2D eigenvalue weighted by atomic mass is 16.2. The number of benzene rings is 1. The van der Waals surface area contributed by atoms with Crippen LogP contribution in [-0.2, 0) is 13.0 Å². The Bertz CT molecular complexity index is 860. The molecule has 3 aromatic rings. The van der Waals surface area contributed by atoms with Crippen LogP contribution in [0.2, 0.25) is 0 Å². The van der Waals surface area contributed by atoms with Gasteiger partial charge in [0.25, 0.3) is 0 Å². The van der Waals surface area contributed by atoms with Crippen molar-refractivity contribution in [2.75, 3.05) is 13.1 Å². The Labute approximate surface area is 153 Å². The van der Waals surface area contributed by atoms with Gasteiger partial charge in [0.2, 0.25) is 0 Å². The quantitative estimate of drug-likeness (QED) is 0.788. The molecule has 1 aromatic carbocycles. The van der Waals surface area contributed by atoms with Crippen molar-refractivity contribution >= 4 is 6.03 Å². The molecule has 0 radical (unpaired) electrons. The van der Waals surface area contributed by atoms with Gasteiger partial charge in [-0.05, 0) is 41.8 Å². The normalized spacial score (nSPS) is 16.2. The summed E-state index contributed by atoms with van der Waals surface area (Å²) in [6.07, 6.45) is 6.47. The lowest BCUT2D eigenvalue weighted by Crippen LogP contribution is -2.47. The number of pyridine rings is 1. The van der Waals surface area contributed by atoms with Crippen molar-refractivity contribution in [1.29, 1.82) is 0 Å². The van der Waals surface area contributed by atoms with Gasteiger partial charge in [-0.15, -0.1) is 0 Å². The lowest BCUT2D eigenvalue weighted by Gasteiger charge is -2.37. The van der Waals surface area contributed by atoms with Crippen LogP contribution in [0.1, 0.15) is 22.9 Å². The predicted octanol–water partition coefficient (Wildman–Crippen LogP) is 3.24. The molecule has 0 saturated heterocycles. The van der Waals surface area contributed by atoms with E-state index in [2.05, 4.69) is 39.3 Å². The lowest BCUT2D eigenvalue weighted by molar-refractivity contribution is 0.169. The molecule has 1 aliphatic heterocycles. The van der Waals surface area contributed by atoms with E-state index in [0.29, 0.717) is 13.1 Å². The van der Waals surface area contributed by atoms with E-state index in [-0.39, 0.29) is 12.1 Å². The van der Waals surface area contributed by atoms with Crippen LogP contribution in [-0.4, -0.2) is 33.6 Å². The van der Waals surface area contributed by atoms with Crippen LogP contribution in [0.25, 0.3) is 0 Å². The van der Waals surface area contributed by atoms with Crippen LogP contribution in [0.15, 0.2) is 73.2 Å². The summed E-state index contributed by atoms with van der Waals surface area (Å²) < 4.78 is 2.22. The Morgan fingerprint density at radius 2 is 1.85 bits per heavy atom. The van der Waals surface area contributed by atoms with Crippen LogP contribution in [0, 0.1) is 0 Å². The maximum Gasteiger partial charge on any atom is 0.318 e. The molecule has 0 saturated carbocycles. The molecule has 5 heteroatoms. The predicted molar refractivity (Wildman–Crippen MR) is 101 cm³/mol. The van der Waals surface area contributed by atoms with E-state index >= 15 is 0 Å². The summed E-state index contributed by atoms with van der Waals surface area (Å²) in [4.78, 5) is 18.9. The van der Waals surface area contributed by atoms with E-state index in [4.69, 9.17) is 0 Å². The van der Waals surface area contributed by atoms with Gasteiger partial charge < -0.3 is 14.8 Å². The standard InChI is InChI=1S/C21H22N4O/c26-21(23-13-8-17-5-2-1-3-6-17)25-16-15-24-14-4-7-19(24)20(25)18-9-11-22-12-10-18/h1-7,9-12,14,20H,8,13,15-16H2,(H,23,26)/t20-/m1/s1. The molecule has 2 aromatic heterocycles. The zero-order valence-corrected chi connectivity index (χ0v) is 14.6. The number of urea groups is 1. The van der Waals surface area contributed by atoms with Gasteiger partial charge >= 0.3 is 6.03 Å². The van der Waals surface area contributed by atoms with Gasteiger partial charge in [-0.3, -0.25) is 4.98 Å². The van der Waals surface area contributed by atoms with Gasteiger partial charge in [-0.1, -0.05) is 30.3 Å². The summed E-state index contributed by atoms with van der Waals surface area (Å²) in [7, 11) is 0. The molecule has 0 aliphatic carbocycles. The third-order valence-electron chi connectivity index (χ3n) is 4.85. The first kappa shape index (κ1) is 16.4. The first-order valence-electron chi connectivity index (χ1n) is 8.96. The number of nitrogens with zero attached hydrogens (tertiary/aromatic N) is 3. The summed E-state index contributed by atoms with van der Waals surface area (Å²) in [5.74, 6) is 0. The minimum atomic E-state index is -0.0847. The number of hydrogen-bond donors (Lipinski definition) is 1. The van der Waals surface area contributed by atoms with Gasteiger partial charge in [-0.2, -0.15) is 0 Å². The Hall–Kier alpha value is -3.08. The van der Waals surface area contributed by atoms with Gasteiger partial charge in [0.05, 0.1) is 6.04 Å². The van der Waals surface area contributed by atoms with E-state index in [1.165, 1.54) is 5.56 Å². The molecular weight excluding hydrogens is 324 g/mol. The van der Waals surface area contributed by atoms with E-state index in [0.717, 1.165) is 24.2 Å². The molecule has 0 fully saturated rings. The number of fused-ring (bicyclic) bond motifs is 1. The van der Waals surface area contributed by atoms with Crippen LogP contribution in [0.4, 0.5) is 4.79 Å². The van der Waals surface area contributed by atoms with Gasteiger partial charge in [-0.25, -0.2) is 4.79 Å². The average Bonchev–Trinajstić information content (AvgIpc) is 3.17. The van der Waals surface area contributed by atoms with E-state index in [1.54, 1.807) is 12.4 Å². The maximum absolute atomic E-state index is 12.9. The first-order valence-corrected chi connectivity index (χ1v) is 8.96. The van der Waals surface area contributed by atoms with Crippen molar-refractivity contribution in [3.8, 4) is 0 Å². The number of carbonyl (C=O) groups is 1. The second-order valence-corrected chi connectivity index (χ2v) is 6.47. The fourth-order valence-electron chi connectivity index (χ4n) is 3.56. The van der Waals surface area contributed by atoms with E-state index in [1.807, 2.05) is 41.3 Å². The number of hydrogen-bond acceptors (Lipinski definition) is 2. The van der Waals surface area contributed by atoms with Gasteiger partial charge in [0, 0.05) is 43.9 Å². The Balaban J connectivity index is 1.50. The molecular formula is C21H22N4O. The topological polar surface area (TPSA) is 50.2 Å². The highest BCUT2D eigenvalue weighted by Crippen LogP contribution is 2.31. The highest BCUT2D eigenvalue weighted by Gasteiger charge is 2.31. The average molecular weight is 346 g/mol. The Kier molecular flexibility index (Phi) is 4.69. The van der Waals surface area contributed by atoms with Crippen molar-refractivity contribution in [2.24, 2.45) is 0 Å². The minimum absolute atomic E-state index is 0.0183. The molecule has 26 heavy (non-hydrogen) atoms. The molecule has 0 bridgehead atoms. The summed E-state index contributed by atoms with van der Waals surface area (Å²) in [5, 5.41) is 3.09. The molecule has 0 unspecified atom stereocenters. The first-order chi connectivity index (χ1) is 12.8. The molecule has 132 valence electrons. The Morgan fingerprint density at radius 1 is 1.04 bits per heavy atom. The number of carbonyl (C=O) groups excluding carboxylic acids is 1. The van der Waals surface area contributed by atoms with Crippen molar-refractivity contribution in [1.82, 2.24) is 19.8 Å². The van der Waals surface area contributed by atoms with Crippen LogP contribution >= 0.6 is 0 Å². The van der Waals surface area contributed by atoms with Crippen LogP contribution in [0.5, 0.6) is 0 Å². The fourth-order valence-corrected chi connectivity index (χ4v) is 3.56.